The van der Waals surface area contributed by atoms with Crippen LogP contribution in [0.15, 0.2) is 18.2 Å². The van der Waals surface area contributed by atoms with Crippen LogP contribution in [0.2, 0.25) is 5.02 Å². The topological polar surface area (TPSA) is 75.4 Å². The zero-order valence-electron chi connectivity index (χ0n) is 12.2. The van der Waals surface area contributed by atoms with Crippen molar-refractivity contribution < 1.29 is 9.59 Å². The molecular formula is C15H20ClN3O2. The van der Waals surface area contributed by atoms with Crippen LogP contribution in [0, 0.1) is 0 Å². The van der Waals surface area contributed by atoms with Crippen LogP contribution in [0.4, 0.5) is 4.79 Å². The normalized spacial score (nSPS) is 18.1. The molecule has 2 rings (SSSR count). The second-order valence-electron chi connectivity index (χ2n) is 5.63. The smallest absolute Gasteiger partial charge is 0.314 e. The van der Waals surface area contributed by atoms with Crippen LogP contribution < -0.4 is 11.1 Å². The van der Waals surface area contributed by atoms with Gasteiger partial charge in [-0.1, -0.05) is 31.5 Å². The van der Waals surface area contributed by atoms with Crippen molar-refractivity contribution in [1.29, 1.82) is 0 Å². The number of nitrogens with two attached hydrogens (primary N) is 1. The number of hydrogen-bond acceptors (Lipinski definition) is 2. The number of primary amides is 1. The molecule has 0 radical (unpaired) electrons. The Balaban J connectivity index is 2.01. The van der Waals surface area contributed by atoms with Crippen LogP contribution in [-0.4, -0.2) is 36.0 Å². The molecule has 1 aliphatic rings. The van der Waals surface area contributed by atoms with Gasteiger partial charge in [0.2, 0.25) is 0 Å². The van der Waals surface area contributed by atoms with E-state index in [1.165, 1.54) is 4.90 Å². The van der Waals surface area contributed by atoms with E-state index in [-0.39, 0.29) is 11.9 Å². The van der Waals surface area contributed by atoms with Gasteiger partial charge < -0.3 is 16.0 Å². The number of rotatable bonds is 3. The van der Waals surface area contributed by atoms with E-state index in [2.05, 4.69) is 19.2 Å². The fourth-order valence-electron chi connectivity index (χ4n) is 2.48. The Morgan fingerprint density at radius 3 is 2.67 bits per heavy atom. The van der Waals surface area contributed by atoms with Gasteiger partial charge >= 0.3 is 6.03 Å². The van der Waals surface area contributed by atoms with E-state index in [9.17, 15) is 9.59 Å². The zero-order valence-corrected chi connectivity index (χ0v) is 13.0. The van der Waals surface area contributed by atoms with E-state index in [1.54, 1.807) is 12.1 Å². The van der Waals surface area contributed by atoms with Crippen molar-refractivity contribution in [2.45, 2.75) is 32.2 Å². The minimum Gasteiger partial charge on any atom is -0.351 e. The molecule has 0 aliphatic carbocycles. The molecule has 0 bridgehead atoms. The number of benzene rings is 1. The highest BCUT2D eigenvalue weighted by atomic mass is 35.5. The van der Waals surface area contributed by atoms with Gasteiger partial charge in [-0.2, -0.15) is 0 Å². The average Bonchev–Trinajstić information content (AvgIpc) is 2.86. The number of nitrogens with zero attached hydrogens (tertiary/aromatic N) is 1. The number of carbonyl (C=O) groups is 2. The van der Waals surface area contributed by atoms with Gasteiger partial charge in [0.25, 0.3) is 5.91 Å². The number of likely N-dealkylation sites (tertiary alicyclic amines) is 1. The Labute approximate surface area is 129 Å². The van der Waals surface area contributed by atoms with E-state index in [0.717, 1.165) is 5.56 Å². The van der Waals surface area contributed by atoms with E-state index in [1.807, 2.05) is 6.07 Å². The molecule has 1 aromatic carbocycles. The second kappa shape index (κ2) is 6.35. The standard InChI is InChI=1S/C15H20ClN3O2/c1-9(2)12-4-3-10(7-13(12)16)14(20)18-11-5-6-19(8-11)15(17)21/h3-4,7,9,11H,5-6,8H2,1-2H3,(H2,17,21)(H,18,20). The molecule has 1 fully saturated rings. The molecule has 6 heteroatoms. The van der Waals surface area contributed by atoms with Crippen LogP contribution in [0.25, 0.3) is 0 Å². The van der Waals surface area contributed by atoms with Crippen molar-refractivity contribution in [3.8, 4) is 0 Å². The molecule has 114 valence electrons. The number of hydrogen-bond donors (Lipinski definition) is 2. The quantitative estimate of drug-likeness (QED) is 0.899. The summed E-state index contributed by atoms with van der Waals surface area (Å²) in [5.41, 5.74) is 6.78. The molecule has 1 atom stereocenters. The first-order valence-corrected chi connectivity index (χ1v) is 7.41. The van der Waals surface area contributed by atoms with Gasteiger partial charge in [-0.25, -0.2) is 4.79 Å². The molecule has 3 N–H and O–H groups in total. The van der Waals surface area contributed by atoms with Crippen LogP contribution in [0.3, 0.4) is 0 Å². The summed E-state index contributed by atoms with van der Waals surface area (Å²) in [7, 11) is 0. The number of halogens is 1. The predicted octanol–water partition coefficient (Wildman–Crippen LogP) is 2.35. The number of amides is 3. The largest absolute Gasteiger partial charge is 0.351 e. The first-order chi connectivity index (χ1) is 9.88. The molecule has 0 spiro atoms. The molecule has 21 heavy (non-hydrogen) atoms. The van der Waals surface area contributed by atoms with Crippen molar-refractivity contribution in [1.82, 2.24) is 10.2 Å². The molecule has 1 aromatic rings. The summed E-state index contributed by atoms with van der Waals surface area (Å²) < 4.78 is 0. The zero-order chi connectivity index (χ0) is 15.6. The van der Waals surface area contributed by atoms with Gasteiger partial charge in [-0.15, -0.1) is 0 Å². The first-order valence-electron chi connectivity index (χ1n) is 7.03. The fraction of sp³-hybridized carbons (Fsp3) is 0.467. The maximum absolute atomic E-state index is 12.2. The highest BCUT2D eigenvalue weighted by molar-refractivity contribution is 6.31. The number of nitrogens with one attached hydrogen (secondary N) is 1. The van der Waals surface area contributed by atoms with Gasteiger partial charge in [0, 0.05) is 29.7 Å². The summed E-state index contributed by atoms with van der Waals surface area (Å²) >= 11 is 6.20. The van der Waals surface area contributed by atoms with Gasteiger partial charge in [0.1, 0.15) is 0 Å². The lowest BCUT2D eigenvalue weighted by molar-refractivity contribution is 0.0938. The van der Waals surface area contributed by atoms with Gasteiger partial charge in [0.15, 0.2) is 0 Å². The Hall–Kier alpha value is -1.75. The predicted molar refractivity (Wildman–Crippen MR) is 82.6 cm³/mol. The third kappa shape index (κ3) is 3.67. The molecule has 1 saturated heterocycles. The van der Waals surface area contributed by atoms with E-state index >= 15 is 0 Å². The molecule has 0 saturated carbocycles. The molecule has 1 heterocycles. The van der Waals surface area contributed by atoms with Crippen molar-refractivity contribution in [2.24, 2.45) is 5.73 Å². The minimum absolute atomic E-state index is 0.0615. The van der Waals surface area contributed by atoms with Gasteiger partial charge in [-0.05, 0) is 30.0 Å². The maximum atomic E-state index is 12.2. The van der Waals surface area contributed by atoms with Gasteiger partial charge in [0.05, 0.1) is 0 Å². The minimum atomic E-state index is -0.448. The number of urea groups is 1. The molecule has 3 amide bonds. The summed E-state index contributed by atoms with van der Waals surface area (Å²) in [6.07, 6.45) is 0.715. The summed E-state index contributed by atoms with van der Waals surface area (Å²) in [6.45, 7) is 5.14. The lowest BCUT2D eigenvalue weighted by Gasteiger charge is -2.15. The van der Waals surface area contributed by atoms with Crippen molar-refractivity contribution in [3.63, 3.8) is 0 Å². The Kier molecular flexibility index (Phi) is 4.73. The van der Waals surface area contributed by atoms with E-state index < -0.39 is 6.03 Å². The van der Waals surface area contributed by atoms with Gasteiger partial charge in [-0.3, -0.25) is 4.79 Å². The lowest BCUT2D eigenvalue weighted by atomic mass is 10.0. The first kappa shape index (κ1) is 15.6. The van der Waals surface area contributed by atoms with Crippen molar-refractivity contribution in [3.05, 3.63) is 34.3 Å². The van der Waals surface area contributed by atoms with Crippen molar-refractivity contribution >= 4 is 23.5 Å². The molecule has 1 aliphatic heterocycles. The molecule has 1 unspecified atom stereocenters. The monoisotopic (exact) mass is 309 g/mol. The summed E-state index contributed by atoms with van der Waals surface area (Å²) in [5.74, 6) is 0.136. The summed E-state index contributed by atoms with van der Waals surface area (Å²) in [6, 6.07) is 4.83. The Bertz CT molecular complexity index is 560. The molecule has 0 aromatic heterocycles. The number of carbonyl (C=O) groups excluding carboxylic acids is 2. The highest BCUT2D eigenvalue weighted by Gasteiger charge is 2.26. The average molecular weight is 310 g/mol. The summed E-state index contributed by atoms with van der Waals surface area (Å²) in [5, 5.41) is 3.51. The SMILES string of the molecule is CC(C)c1ccc(C(=O)NC2CCN(C(N)=O)C2)cc1Cl. The second-order valence-corrected chi connectivity index (χ2v) is 6.04. The van der Waals surface area contributed by atoms with Crippen molar-refractivity contribution in [2.75, 3.05) is 13.1 Å². The van der Waals surface area contributed by atoms with E-state index in [4.69, 9.17) is 17.3 Å². The van der Waals surface area contributed by atoms with E-state index in [0.29, 0.717) is 36.0 Å². The molecule has 5 nitrogen and oxygen atoms in total. The Morgan fingerprint density at radius 2 is 2.14 bits per heavy atom. The Morgan fingerprint density at radius 1 is 1.43 bits per heavy atom. The summed E-state index contributed by atoms with van der Waals surface area (Å²) in [4.78, 5) is 24.8. The highest BCUT2D eigenvalue weighted by Crippen LogP contribution is 2.25. The molecular weight excluding hydrogens is 290 g/mol. The van der Waals surface area contributed by atoms with Crippen LogP contribution in [0.5, 0.6) is 0 Å². The van der Waals surface area contributed by atoms with Crippen LogP contribution >= 0.6 is 11.6 Å². The maximum Gasteiger partial charge on any atom is 0.314 e. The van der Waals surface area contributed by atoms with Crippen LogP contribution in [-0.2, 0) is 0 Å². The lowest BCUT2D eigenvalue weighted by Crippen LogP contribution is -2.40. The van der Waals surface area contributed by atoms with Crippen LogP contribution in [0.1, 0.15) is 42.1 Å². The third-order valence-electron chi connectivity index (χ3n) is 3.72. The fourth-order valence-corrected chi connectivity index (χ4v) is 2.88. The third-order valence-corrected chi connectivity index (χ3v) is 4.05.